The first-order valence-electron chi connectivity index (χ1n) is 9.35. The average Bonchev–Trinajstić information content (AvgIpc) is 2.74. The highest BCUT2D eigenvalue weighted by Crippen LogP contribution is 2.31. The smallest absolute Gasteiger partial charge is 0.254 e. The number of piperidine rings is 1. The van der Waals surface area contributed by atoms with Gasteiger partial charge in [-0.25, -0.2) is 0 Å². The van der Waals surface area contributed by atoms with Crippen molar-refractivity contribution in [3.63, 3.8) is 0 Å². The lowest BCUT2D eigenvalue weighted by Gasteiger charge is -2.35. The van der Waals surface area contributed by atoms with Gasteiger partial charge in [-0.1, -0.05) is 18.2 Å². The minimum atomic E-state index is 0.0510. The van der Waals surface area contributed by atoms with Gasteiger partial charge < -0.3 is 4.90 Å². The van der Waals surface area contributed by atoms with Gasteiger partial charge in [0.2, 0.25) is 0 Å². The predicted molar refractivity (Wildman–Crippen MR) is 104 cm³/mol. The Kier molecular flexibility index (Phi) is 4.92. The molecular formula is C22H22N4O. The molecule has 0 saturated carbocycles. The van der Waals surface area contributed by atoms with Crippen LogP contribution in [0.4, 0.5) is 0 Å². The average molecular weight is 358 g/mol. The molecule has 0 radical (unpaired) electrons. The third kappa shape index (κ3) is 3.72. The first kappa shape index (κ1) is 17.3. The van der Waals surface area contributed by atoms with Gasteiger partial charge in [0.15, 0.2) is 0 Å². The zero-order chi connectivity index (χ0) is 18.6. The highest BCUT2D eigenvalue weighted by molar-refractivity contribution is 5.95. The molecule has 136 valence electrons. The lowest BCUT2D eigenvalue weighted by Crippen LogP contribution is -2.38. The van der Waals surface area contributed by atoms with E-state index in [1.165, 1.54) is 0 Å². The zero-order valence-electron chi connectivity index (χ0n) is 15.4. The van der Waals surface area contributed by atoms with Crippen LogP contribution < -0.4 is 0 Å². The minimum absolute atomic E-state index is 0.0510. The van der Waals surface area contributed by atoms with Crippen LogP contribution in [0.5, 0.6) is 0 Å². The van der Waals surface area contributed by atoms with Gasteiger partial charge in [-0.3, -0.25) is 9.78 Å². The molecule has 1 amide bonds. The van der Waals surface area contributed by atoms with Gasteiger partial charge in [0.05, 0.1) is 23.1 Å². The van der Waals surface area contributed by atoms with Gasteiger partial charge in [0.1, 0.15) is 0 Å². The van der Waals surface area contributed by atoms with Crippen molar-refractivity contribution in [2.24, 2.45) is 0 Å². The number of pyridine rings is 1. The van der Waals surface area contributed by atoms with Gasteiger partial charge in [-0.05, 0) is 62.6 Å². The third-order valence-electron chi connectivity index (χ3n) is 5.02. The molecule has 1 aromatic carbocycles. The summed E-state index contributed by atoms with van der Waals surface area (Å²) in [6.45, 7) is 2.68. The number of benzene rings is 1. The van der Waals surface area contributed by atoms with Crippen molar-refractivity contribution in [2.75, 3.05) is 6.54 Å². The second-order valence-electron chi connectivity index (χ2n) is 6.90. The second kappa shape index (κ2) is 7.66. The highest BCUT2D eigenvalue weighted by Gasteiger charge is 2.29. The molecule has 0 unspecified atom stereocenters. The van der Waals surface area contributed by atoms with Crippen LogP contribution in [0.15, 0.2) is 60.8 Å². The molecule has 27 heavy (non-hydrogen) atoms. The van der Waals surface area contributed by atoms with Gasteiger partial charge in [-0.15, -0.1) is 0 Å². The summed E-state index contributed by atoms with van der Waals surface area (Å²) in [5.41, 5.74) is 4.32. The van der Waals surface area contributed by atoms with E-state index in [9.17, 15) is 4.79 Å². The lowest BCUT2D eigenvalue weighted by atomic mass is 9.97. The van der Waals surface area contributed by atoms with Crippen molar-refractivity contribution in [3.05, 3.63) is 77.7 Å². The number of carbonyl (C=O) groups is 1. The number of rotatable bonds is 3. The second-order valence-corrected chi connectivity index (χ2v) is 6.90. The molecule has 4 rings (SSSR count). The van der Waals surface area contributed by atoms with Crippen LogP contribution in [0.2, 0.25) is 0 Å². The van der Waals surface area contributed by atoms with E-state index in [2.05, 4.69) is 15.2 Å². The Morgan fingerprint density at radius 2 is 1.85 bits per heavy atom. The Morgan fingerprint density at radius 3 is 2.56 bits per heavy atom. The lowest BCUT2D eigenvalue weighted by molar-refractivity contribution is 0.0606. The molecule has 0 N–H and O–H groups in total. The SMILES string of the molecule is Cc1ccc(-c2ccc(C(=O)N3CCCC[C@H]3c3ccccn3)cc2)nn1. The molecule has 3 aromatic rings. The molecule has 1 fully saturated rings. The van der Waals surface area contributed by atoms with Crippen molar-refractivity contribution in [1.29, 1.82) is 0 Å². The number of hydrogen-bond acceptors (Lipinski definition) is 4. The molecule has 0 bridgehead atoms. The summed E-state index contributed by atoms with van der Waals surface area (Å²) < 4.78 is 0. The molecule has 1 saturated heterocycles. The monoisotopic (exact) mass is 358 g/mol. The summed E-state index contributed by atoms with van der Waals surface area (Å²) in [5, 5.41) is 8.31. The van der Waals surface area contributed by atoms with Crippen LogP contribution in [0.25, 0.3) is 11.3 Å². The van der Waals surface area contributed by atoms with Crippen LogP contribution in [-0.4, -0.2) is 32.5 Å². The van der Waals surface area contributed by atoms with E-state index < -0.39 is 0 Å². The number of aryl methyl sites for hydroxylation is 1. The highest BCUT2D eigenvalue weighted by atomic mass is 16.2. The van der Waals surface area contributed by atoms with Crippen molar-refractivity contribution >= 4 is 5.91 Å². The van der Waals surface area contributed by atoms with Crippen molar-refractivity contribution in [1.82, 2.24) is 20.1 Å². The van der Waals surface area contributed by atoms with Crippen LogP contribution in [0.3, 0.4) is 0 Å². The largest absolute Gasteiger partial charge is 0.330 e. The zero-order valence-corrected chi connectivity index (χ0v) is 15.4. The fourth-order valence-corrected chi connectivity index (χ4v) is 3.56. The fraction of sp³-hybridized carbons (Fsp3) is 0.273. The number of likely N-dealkylation sites (tertiary alicyclic amines) is 1. The van der Waals surface area contributed by atoms with Crippen LogP contribution >= 0.6 is 0 Å². The van der Waals surface area contributed by atoms with E-state index in [0.29, 0.717) is 5.56 Å². The standard InChI is InChI=1S/C22H22N4O/c1-16-8-13-19(25-24-16)17-9-11-18(12-10-17)22(27)26-15-5-3-7-21(26)20-6-2-4-14-23-20/h2,4,6,8-14,21H,3,5,7,15H2,1H3/t21-/m0/s1. The predicted octanol–water partition coefficient (Wildman–Crippen LogP) is 4.21. The van der Waals surface area contributed by atoms with Gasteiger partial charge in [-0.2, -0.15) is 10.2 Å². The minimum Gasteiger partial charge on any atom is -0.330 e. The molecule has 0 aliphatic carbocycles. The molecule has 2 aromatic heterocycles. The fourth-order valence-electron chi connectivity index (χ4n) is 3.56. The number of nitrogens with zero attached hydrogens (tertiary/aromatic N) is 4. The summed E-state index contributed by atoms with van der Waals surface area (Å²) in [7, 11) is 0. The summed E-state index contributed by atoms with van der Waals surface area (Å²) in [6, 6.07) is 17.5. The maximum atomic E-state index is 13.1. The molecular weight excluding hydrogens is 336 g/mol. The quantitative estimate of drug-likeness (QED) is 0.703. The van der Waals surface area contributed by atoms with Crippen molar-refractivity contribution < 1.29 is 4.79 Å². The summed E-state index contributed by atoms with van der Waals surface area (Å²) >= 11 is 0. The van der Waals surface area contributed by atoms with E-state index in [1.54, 1.807) is 6.20 Å². The number of aromatic nitrogens is 3. The number of amides is 1. The third-order valence-corrected chi connectivity index (χ3v) is 5.02. The van der Waals surface area contributed by atoms with E-state index in [0.717, 1.165) is 48.5 Å². The van der Waals surface area contributed by atoms with Crippen LogP contribution in [0, 0.1) is 6.92 Å². The van der Waals surface area contributed by atoms with E-state index in [4.69, 9.17) is 0 Å². The maximum Gasteiger partial charge on any atom is 0.254 e. The maximum absolute atomic E-state index is 13.1. The summed E-state index contributed by atoms with van der Waals surface area (Å²) in [5.74, 6) is 0.0619. The summed E-state index contributed by atoms with van der Waals surface area (Å²) in [4.78, 5) is 19.6. The Labute approximate surface area is 159 Å². The van der Waals surface area contributed by atoms with E-state index in [1.807, 2.05) is 66.4 Å². The first-order valence-corrected chi connectivity index (χ1v) is 9.35. The molecule has 5 heteroatoms. The van der Waals surface area contributed by atoms with Gasteiger partial charge >= 0.3 is 0 Å². The van der Waals surface area contributed by atoms with Crippen molar-refractivity contribution in [3.8, 4) is 11.3 Å². The Hall–Kier alpha value is -3.08. The van der Waals surface area contributed by atoms with Crippen LogP contribution in [0.1, 0.15) is 47.1 Å². The molecule has 5 nitrogen and oxygen atoms in total. The van der Waals surface area contributed by atoms with Crippen LogP contribution in [-0.2, 0) is 0 Å². The molecule has 3 heterocycles. The van der Waals surface area contributed by atoms with E-state index in [-0.39, 0.29) is 11.9 Å². The molecule has 1 aliphatic heterocycles. The Morgan fingerprint density at radius 1 is 1.00 bits per heavy atom. The summed E-state index contributed by atoms with van der Waals surface area (Å²) in [6.07, 6.45) is 4.91. The van der Waals surface area contributed by atoms with Gasteiger partial charge in [0, 0.05) is 23.9 Å². The Bertz CT molecular complexity index is 907. The number of hydrogen-bond donors (Lipinski definition) is 0. The first-order chi connectivity index (χ1) is 13.2. The van der Waals surface area contributed by atoms with Gasteiger partial charge in [0.25, 0.3) is 5.91 Å². The molecule has 1 aliphatic rings. The normalized spacial score (nSPS) is 16.9. The van der Waals surface area contributed by atoms with Crippen molar-refractivity contribution in [2.45, 2.75) is 32.2 Å². The molecule has 1 atom stereocenters. The Balaban J connectivity index is 1.57. The van der Waals surface area contributed by atoms with E-state index >= 15 is 0 Å². The molecule has 0 spiro atoms. The number of carbonyl (C=O) groups excluding carboxylic acids is 1. The topological polar surface area (TPSA) is 59.0 Å².